The summed E-state index contributed by atoms with van der Waals surface area (Å²) in [5.74, 6) is 1.06. The fourth-order valence-electron chi connectivity index (χ4n) is 3.98. The Morgan fingerprint density at radius 1 is 1.40 bits per heavy atom. The zero-order valence-corrected chi connectivity index (χ0v) is 16.2. The summed E-state index contributed by atoms with van der Waals surface area (Å²) in [5, 5.41) is 0. The van der Waals surface area contributed by atoms with Crippen molar-refractivity contribution >= 4 is 15.7 Å². The first-order valence-electron chi connectivity index (χ1n) is 8.80. The van der Waals surface area contributed by atoms with Crippen LogP contribution in [0.1, 0.15) is 39.9 Å². The minimum absolute atomic E-state index is 0.0472. The number of rotatable bonds is 5. The van der Waals surface area contributed by atoms with E-state index >= 15 is 0 Å². The molecule has 1 amide bonds. The summed E-state index contributed by atoms with van der Waals surface area (Å²) in [7, 11) is -3.06. The number of furan rings is 1. The maximum Gasteiger partial charge on any atom is 0.227 e. The SMILES string of the molecule is CC(C)=C[C@H]1[C@@H](C(=O)N(Cc2ccco2)[C@@H]2CCS(=O)(=O)C2)C1(C)C. The van der Waals surface area contributed by atoms with Crippen molar-refractivity contribution in [1.82, 2.24) is 4.90 Å². The van der Waals surface area contributed by atoms with Crippen LogP contribution in [0.2, 0.25) is 0 Å². The minimum Gasteiger partial charge on any atom is -0.467 e. The average molecular weight is 365 g/mol. The van der Waals surface area contributed by atoms with E-state index in [9.17, 15) is 13.2 Å². The number of hydrogen-bond donors (Lipinski definition) is 0. The Balaban J connectivity index is 1.84. The van der Waals surface area contributed by atoms with Gasteiger partial charge in [-0.2, -0.15) is 0 Å². The van der Waals surface area contributed by atoms with E-state index in [1.807, 2.05) is 19.9 Å². The lowest BCUT2D eigenvalue weighted by molar-refractivity contribution is -0.136. The van der Waals surface area contributed by atoms with Gasteiger partial charge in [-0.15, -0.1) is 0 Å². The van der Waals surface area contributed by atoms with Gasteiger partial charge in [0.05, 0.1) is 30.2 Å². The van der Waals surface area contributed by atoms with E-state index in [0.717, 1.165) is 0 Å². The van der Waals surface area contributed by atoms with Crippen LogP contribution in [0.25, 0.3) is 0 Å². The Kier molecular flexibility index (Phi) is 4.60. The summed E-state index contributed by atoms with van der Waals surface area (Å²) in [6, 6.07) is 3.36. The summed E-state index contributed by atoms with van der Waals surface area (Å²) < 4.78 is 29.3. The normalized spacial score (nSPS) is 29.2. The zero-order valence-electron chi connectivity index (χ0n) is 15.4. The molecule has 25 heavy (non-hydrogen) atoms. The van der Waals surface area contributed by atoms with Gasteiger partial charge < -0.3 is 9.32 Å². The van der Waals surface area contributed by atoms with Crippen LogP contribution in [0.4, 0.5) is 0 Å². The highest BCUT2D eigenvalue weighted by atomic mass is 32.2. The van der Waals surface area contributed by atoms with Crippen molar-refractivity contribution in [2.45, 2.75) is 46.7 Å². The monoisotopic (exact) mass is 365 g/mol. The lowest BCUT2D eigenvalue weighted by atomic mass is 10.1. The highest BCUT2D eigenvalue weighted by Crippen LogP contribution is 2.60. The first-order valence-corrected chi connectivity index (χ1v) is 10.6. The zero-order chi connectivity index (χ0) is 18.4. The Morgan fingerprint density at radius 3 is 2.64 bits per heavy atom. The molecule has 1 aromatic rings. The third-order valence-corrected chi connectivity index (χ3v) is 7.28. The lowest BCUT2D eigenvalue weighted by Gasteiger charge is -2.28. The molecule has 5 nitrogen and oxygen atoms in total. The molecule has 2 heterocycles. The molecule has 1 saturated heterocycles. The van der Waals surface area contributed by atoms with Crippen molar-refractivity contribution in [2.75, 3.05) is 11.5 Å². The molecule has 1 aromatic heterocycles. The molecule has 0 radical (unpaired) electrons. The van der Waals surface area contributed by atoms with Crippen molar-refractivity contribution in [2.24, 2.45) is 17.3 Å². The number of nitrogens with zero attached hydrogens (tertiary/aromatic N) is 1. The average Bonchev–Trinajstić information content (AvgIpc) is 2.93. The number of carbonyl (C=O) groups excluding carboxylic acids is 1. The Hall–Kier alpha value is -1.56. The van der Waals surface area contributed by atoms with Crippen LogP contribution in [-0.2, 0) is 21.2 Å². The quantitative estimate of drug-likeness (QED) is 0.752. The Labute approximate surface area is 150 Å². The second-order valence-electron chi connectivity index (χ2n) is 8.17. The summed E-state index contributed by atoms with van der Waals surface area (Å²) >= 11 is 0. The molecular weight excluding hydrogens is 338 g/mol. The second-order valence-corrected chi connectivity index (χ2v) is 10.4. The molecule has 1 aliphatic heterocycles. The molecule has 138 valence electrons. The molecule has 0 aromatic carbocycles. The highest BCUT2D eigenvalue weighted by Gasteiger charge is 2.61. The van der Waals surface area contributed by atoms with Crippen molar-refractivity contribution in [3.8, 4) is 0 Å². The largest absolute Gasteiger partial charge is 0.467 e. The first-order chi connectivity index (χ1) is 11.6. The van der Waals surface area contributed by atoms with E-state index in [2.05, 4.69) is 19.9 Å². The van der Waals surface area contributed by atoms with Crippen LogP contribution >= 0.6 is 0 Å². The molecule has 0 unspecified atom stereocenters. The predicted octanol–water partition coefficient (Wildman–Crippen LogP) is 3.03. The smallest absolute Gasteiger partial charge is 0.227 e. The molecule has 0 bridgehead atoms. The van der Waals surface area contributed by atoms with Gasteiger partial charge in [0.15, 0.2) is 9.84 Å². The number of carbonyl (C=O) groups is 1. The molecule has 1 saturated carbocycles. The number of allylic oxidation sites excluding steroid dienone is 2. The molecular formula is C19H27NO4S. The van der Waals surface area contributed by atoms with E-state index in [1.54, 1.807) is 17.2 Å². The Bertz CT molecular complexity index is 772. The maximum absolute atomic E-state index is 13.3. The van der Waals surface area contributed by atoms with E-state index in [4.69, 9.17) is 4.42 Å². The molecule has 2 fully saturated rings. The predicted molar refractivity (Wildman–Crippen MR) is 96.5 cm³/mol. The number of amides is 1. The van der Waals surface area contributed by atoms with E-state index in [1.165, 1.54) is 5.57 Å². The lowest BCUT2D eigenvalue weighted by Crippen LogP contribution is -2.42. The van der Waals surface area contributed by atoms with Crippen LogP contribution in [0.5, 0.6) is 0 Å². The van der Waals surface area contributed by atoms with Crippen LogP contribution < -0.4 is 0 Å². The van der Waals surface area contributed by atoms with Crippen LogP contribution in [0.3, 0.4) is 0 Å². The van der Waals surface area contributed by atoms with Gasteiger partial charge in [0, 0.05) is 6.04 Å². The van der Waals surface area contributed by atoms with Gasteiger partial charge in [0.1, 0.15) is 5.76 Å². The highest BCUT2D eigenvalue weighted by molar-refractivity contribution is 7.91. The summed E-state index contributed by atoms with van der Waals surface area (Å²) in [4.78, 5) is 15.0. The molecule has 1 aliphatic carbocycles. The fourth-order valence-corrected chi connectivity index (χ4v) is 5.71. The van der Waals surface area contributed by atoms with Crippen molar-refractivity contribution in [1.29, 1.82) is 0 Å². The standard InChI is InChI=1S/C19H27NO4S/c1-13(2)10-16-17(19(16,3)4)18(21)20(11-15-6-5-8-24-15)14-7-9-25(22,23)12-14/h5-6,8,10,14,16-17H,7,9,11-12H2,1-4H3/t14-,16+,17+/m1/s1. The van der Waals surface area contributed by atoms with Gasteiger partial charge >= 0.3 is 0 Å². The van der Waals surface area contributed by atoms with Crippen LogP contribution in [0.15, 0.2) is 34.5 Å². The summed E-state index contributed by atoms with van der Waals surface area (Å²) in [6.07, 6.45) is 4.25. The van der Waals surface area contributed by atoms with Gasteiger partial charge in [0.25, 0.3) is 0 Å². The molecule has 0 N–H and O–H groups in total. The van der Waals surface area contributed by atoms with Gasteiger partial charge in [-0.05, 0) is 43.7 Å². The third-order valence-electron chi connectivity index (χ3n) is 5.53. The topological polar surface area (TPSA) is 67.6 Å². The molecule has 3 atom stereocenters. The molecule has 2 aliphatic rings. The van der Waals surface area contributed by atoms with Gasteiger partial charge in [0.2, 0.25) is 5.91 Å². The minimum atomic E-state index is -3.06. The van der Waals surface area contributed by atoms with Crippen molar-refractivity contribution in [3.63, 3.8) is 0 Å². The Morgan fingerprint density at radius 2 is 2.12 bits per heavy atom. The van der Waals surface area contributed by atoms with Crippen LogP contribution in [0, 0.1) is 17.3 Å². The third kappa shape index (κ3) is 3.68. The van der Waals surface area contributed by atoms with Gasteiger partial charge in [-0.3, -0.25) is 4.79 Å². The molecule has 3 rings (SSSR count). The summed E-state index contributed by atoms with van der Waals surface area (Å²) in [5.41, 5.74) is 1.11. The fraction of sp³-hybridized carbons (Fsp3) is 0.632. The maximum atomic E-state index is 13.3. The number of sulfone groups is 1. The number of hydrogen-bond acceptors (Lipinski definition) is 4. The van der Waals surface area contributed by atoms with Gasteiger partial charge in [-0.1, -0.05) is 25.5 Å². The van der Waals surface area contributed by atoms with E-state index in [0.29, 0.717) is 18.7 Å². The van der Waals surface area contributed by atoms with Crippen LogP contribution in [-0.4, -0.2) is 36.8 Å². The van der Waals surface area contributed by atoms with Crippen molar-refractivity contribution < 1.29 is 17.6 Å². The van der Waals surface area contributed by atoms with Gasteiger partial charge in [-0.25, -0.2) is 8.42 Å². The van der Waals surface area contributed by atoms with Crippen molar-refractivity contribution in [3.05, 3.63) is 35.8 Å². The summed E-state index contributed by atoms with van der Waals surface area (Å²) in [6.45, 7) is 8.63. The van der Waals surface area contributed by atoms with E-state index < -0.39 is 9.84 Å². The first kappa shape index (κ1) is 18.2. The molecule has 0 spiro atoms. The van der Waals surface area contributed by atoms with E-state index in [-0.39, 0.29) is 40.7 Å². The molecule has 6 heteroatoms. The second kappa shape index (κ2) is 6.31.